The number of hydrogen-bond acceptors (Lipinski definition) is 4. The summed E-state index contributed by atoms with van der Waals surface area (Å²) in [5, 5.41) is 10.3. The van der Waals surface area contributed by atoms with E-state index in [9.17, 15) is 4.79 Å². The van der Waals surface area contributed by atoms with Gasteiger partial charge in [-0.25, -0.2) is 0 Å². The minimum absolute atomic E-state index is 0.161. The largest absolute Gasteiger partial charge is 0.338 e. The highest BCUT2D eigenvalue weighted by Gasteiger charge is 2.28. The average Bonchev–Trinajstić information content (AvgIpc) is 3.18. The average molecular weight is 304 g/mol. The van der Waals surface area contributed by atoms with Crippen LogP contribution in [-0.2, 0) is 0 Å². The van der Waals surface area contributed by atoms with E-state index in [2.05, 4.69) is 28.6 Å². The van der Waals surface area contributed by atoms with Crippen LogP contribution in [0.15, 0.2) is 23.8 Å². The van der Waals surface area contributed by atoms with Gasteiger partial charge in [0.2, 0.25) is 0 Å². The molecule has 1 amide bonds. The van der Waals surface area contributed by atoms with Gasteiger partial charge in [-0.1, -0.05) is 6.07 Å². The molecule has 1 saturated heterocycles. The van der Waals surface area contributed by atoms with Gasteiger partial charge >= 0.3 is 0 Å². The lowest BCUT2D eigenvalue weighted by molar-refractivity contribution is 0.0715. The Labute approximate surface area is 128 Å². The van der Waals surface area contributed by atoms with Crippen molar-refractivity contribution in [1.29, 1.82) is 0 Å². The van der Waals surface area contributed by atoms with E-state index >= 15 is 0 Å². The van der Waals surface area contributed by atoms with Crippen molar-refractivity contribution in [3.8, 4) is 0 Å². The molecule has 0 bridgehead atoms. The van der Waals surface area contributed by atoms with Crippen molar-refractivity contribution in [1.82, 2.24) is 19.7 Å². The van der Waals surface area contributed by atoms with Crippen LogP contribution in [0.4, 0.5) is 0 Å². The molecule has 0 unspecified atom stereocenters. The van der Waals surface area contributed by atoms with Crippen molar-refractivity contribution in [2.45, 2.75) is 38.6 Å². The van der Waals surface area contributed by atoms with Crippen molar-refractivity contribution in [3.05, 3.63) is 34.5 Å². The molecule has 112 valence electrons. The number of piperidine rings is 1. The molecule has 0 spiro atoms. The summed E-state index contributed by atoms with van der Waals surface area (Å²) in [5.41, 5.74) is 0. The zero-order valence-corrected chi connectivity index (χ0v) is 13.2. The van der Waals surface area contributed by atoms with E-state index in [-0.39, 0.29) is 5.91 Å². The quantitative estimate of drug-likeness (QED) is 0.876. The number of carbonyl (C=O) groups is 1. The molecular weight excluding hydrogens is 284 g/mol. The number of nitrogens with zero attached hydrogens (tertiary/aromatic N) is 4. The Morgan fingerprint density at radius 1 is 1.38 bits per heavy atom. The van der Waals surface area contributed by atoms with Gasteiger partial charge in [0.1, 0.15) is 12.2 Å². The highest BCUT2D eigenvalue weighted by molar-refractivity contribution is 7.12. The van der Waals surface area contributed by atoms with Gasteiger partial charge in [-0.15, -0.1) is 21.5 Å². The maximum absolute atomic E-state index is 12.3. The van der Waals surface area contributed by atoms with E-state index in [1.165, 1.54) is 11.3 Å². The molecule has 5 nitrogen and oxygen atoms in total. The first-order valence-electron chi connectivity index (χ1n) is 7.39. The fraction of sp³-hybridized carbons (Fsp3) is 0.533. The van der Waals surface area contributed by atoms with E-state index in [4.69, 9.17) is 0 Å². The fourth-order valence-corrected chi connectivity index (χ4v) is 3.53. The Balaban J connectivity index is 1.65. The van der Waals surface area contributed by atoms with Gasteiger partial charge in [-0.05, 0) is 38.1 Å². The zero-order valence-electron chi connectivity index (χ0n) is 12.4. The molecule has 0 aliphatic carbocycles. The summed E-state index contributed by atoms with van der Waals surface area (Å²) in [5.74, 6) is 1.63. The Morgan fingerprint density at radius 2 is 2.14 bits per heavy atom. The molecule has 1 fully saturated rings. The summed E-state index contributed by atoms with van der Waals surface area (Å²) < 4.78 is 2.14. The van der Waals surface area contributed by atoms with Gasteiger partial charge in [0.15, 0.2) is 0 Å². The minimum Gasteiger partial charge on any atom is -0.338 e. The predicted octanol–water partition coefficient (Wildman–Crippen LogP) is 2.94. The van der Waals surface area contributed by atoms with Gasteiger partial charge in [0.25, 0.3) is 5.91 Å². The molecule has 2 aromatic heterocycles. The van der Waals surface area contributed by atoms with Crippen molar-refractivity contribution in [2.75, 3.05) is 13.1 Å². The maximum Gasteiger partial charge on any atom is 0.263 e. The van der Waals surface area contributed by atoms with Crippen LogP contribution in [0.25, 0.3) is 0 Å². The Morgan fingerprint density at radius 3 is 2.76 bits per heavy atom. The molecule has 1 aliphatic rings. The molecule has 0 atom stereocenters. The molecule has 1 aliphatic heterocycles. The van der Waals surface area contributed by atoms with E-state index in [0.29, 0.717) is 12.0 Å². The van der Waals surface area contributed by atoms with E-state index in [1.54, 1.807) is 0 Å². The minimum atomic E-state index is 0.161. The van der Waals surface area contributed by atoms with Crippen molar-refractivity contribution >= 4 is 17.2 Å². The maximum atomic E-state index is 12.3. The van der Waals surface area contributed by atoms with Gasteiger partial charge in [-0.3, -0.25) is 4.79 Å². The van der Waals surface area contributed by atoms with Crippen LogP contribution in [0.2, 0.25) is 0 Å². The summed E-state index contributed by atoms with van der Waals surface area (Å²) in [6.07, 6.45) is 3.73. The number of amides is 1. The van der Waals surface area contributed by atoms with Crippen LogP contribution in [0.3, 0.4) is 0 Å². The van der Waals surface area contributed by atoms with Crippen LogP contribution in [0.1, 0.15) is 54.1 Å². The highest BCUT2D eigenvalue weighted by Crippen LogP contribution is 2.29. The second-order valence-electron chi connectivity index (χ2n) is 5.73. The zero-order chi connectivity index (χ0) is 14.8. The first kappa shape index (κ1) is 14.3. The third kappa shape index (κ3) is 2.85. The van der Waals surface area contributed by atoms with Crippen LogP contribution < -0.4 is 0 Å². The van der Waals surface area contributed by atoms with Crippen LogP contribution in [-0.4, -0.2) is 38.7 Å². The lowest BCUT2D eigenvalue weighted by Crippen LogP contribution is -2.38. The summed E-state index contributed by atoms with van der Waals surface area (Å²) in [6, 6.07) is 4.20. The third-order valence-corrected chi connectivity index (χ3v) is 4.89. The van der Waals surface area contributed by atoms with Crippen LogP contribution >= 0.6 is 11.3 Å². The molecule has 0 radical (unpaired) electrons. The smallest absolute Gasteiger partial charge is 0.263 e. The highest BCUT2D eigenvalue weighted by atomic mass is 32.1. The second kappa shape index (κ2) is 5.97. The Hall–Kier alpha value is -1.69. The number of carbonyl (C=O) groups excluding carboxylic acids is 1. The van der Waals surface area contributed by atoms with Gasteiger partial charge in [0.05, 0.1) is 4.88 Å². The van der Waals surface area contributed by atoms with Crippen LogP contribution in [0.5, 0.6) is 0 Å². The first-order valence-corrected chi connectivity index (χ1v) is 8.27. The Bertz CT molecular complexity index is 597. The Kier molecular flexibility index (Phi) is 4.05. The van der Waals surface area contributed by atoms with Crippen LogP contribution in [0, 0.1) is 0 Å². The molecule has 6 heteroatoms. The lowest BCUT2D eigenvalue weighted by Gasteiger charge is -2.31. The molecule has 0 aromatic carbocycles. The van der Waals surface area contributed by atoms with Crippen molar-refractivity contribution < 1.29 is 4.79 Å². The third-order valence-electron chi connectivity index (χ3n) is 4.04. The number of aromatic nitrogens is 3. The molecule has 0 N–H and O–H groups in total. The molecule has 21 heavy (non-hydrogen) atoms. The molecule has 3 heterocycles. The first-order chi connectivity index (χ1) is 10.2. The second-order valence-corrected chi connectivity index (χ2v) is 6.68. The predicted molar refractivity (Wildman–Crippen MR) is 82.6 cm³/mol. The van der Waals surface area contributed by atoms with E-state index < -0.39 is 0 Å². The fourth-order valence-electron chi connectivity index (χ4n) is 2.84. The normalized spacial score (nSPS) is 16.6. The SMILES string of the molecule is CC(C)n1cnnc1C1CCN(C(=O)c2cccs2)CC1. The number of likely N-dealkylation sites (tertiary alicyclic amines) is 1. The molecule has 3 rings (SSSR count). The number of rotatable bonds is 3. The summed E-state index contributed by atoms with van der Waals surface area (Å²) >= 11 is 1.51. The van der Waals surface area contributed by atoms with E-state index in [0.717, 1.165) is 36.6 Å². The van der Waals surface area contributed by atoms with Gasteiger partial charge in [0, 0.05) is 25.0 Å². The van der Waals surface area contributed by atoms with Crippen molar-refractivity contribution in [2.24, 2.45) is 0 Å². The van der Waals surface area contributed by atoms with Gasteiger partial charge < -0.3 is 9.47 Å². The molecular formula is C15H20N4OS. The topological polar surface area (TPSA) is 51.0 Å². The van der Waals surface area contributed by atoms with Crippen molar-refractivity contribution in [3.63, 3.8) is 0 Å². The van der Waals surface area contributed by atoms with Gasteiger partial charge in [-0.2, -0.15) is 0 Å². The number of hydrogen-bond donors (Lipinski definition) is 0. The summed E-state index contributed by atoms with van der Waals surface area (Å²) in [6.45, 7) is 5.88. The summed E-state index contributed by atoms with van der Waals surface area (Å²) in [4.78, 5) is 15.1. The molecule has 0 saturated carbocycles. The van der Waals surface area contributed by atoms with E-state index in [1.807, 2.05) is 28.7 Å². The lowest BCUT2D eigenvalue weighted by atomic mass is 9.95. The standard InChI is InChI=1S/C15H20N4OS/c1-11(2)19-10-16-17-14(19)12-5-7-18(8-6-12)15(20)13-4-3-9-21-13/h3-4,9-12H,5-8H2,1-2H3. The molecule has 2 aromatic rings. The number of thiophene rings is 1. The summed E-state index contributed by atoms with van der Waals surface area (Å²) in [7, 11) is 0. The monoisotopic (exact) mass is 304 g/mol.